The predicted molar refractivity (Wildman–Crippen MR) is 29.8 cm³/mol. The predicted octanol–water partition coefficient (Wildman–Crippen LogP) is 0.560. The Kier molecular flexibility index (Phi) is 3.66. The first kappa shape index (κ1) is 8.13. The minimum Gasteiger partial charge on any atom is -0.270 e. The number of amides is 1. The van der Waals surface area contributed by atoms with Gasteiger partial charge in [-0.1, -0.05) is 11.3 Å². The number of carbonyl (C=O) groups is 1. The fraction of sp³-hybridized carbons (Fsp3) is 0.400. The molecule has 0 saturated carbocycles. The molecule has 0 aliphatic rings. The first-order chi connectivity index (χ1) is 4.18. The van der Waals surface area contributed by atoms with E-state index < -0.39 is 11.1 Å². The molecule has 0 spiro atoms. The van der Waals surface area contributed by atoms with E-state index in [0.717, 1.165) is 0 Å². The Bertz CT molecular complexity index is 111. The molecule has 0 heterocycles. The summed E-state index contributed by atoms with van der Waals surface area (Å²) in [5.41, 5.74) is 0. The number of hydrogen-bond acceptors (Lipinski definition) is 3. The van der Waals surface area contributed by atoms with Crippen LogP contribution < -0.4 is 0 Å². The fourth-order valence-electron chi connectivity index (χ4n) is 0.326. The molecule has 0 aliphatic carbocycles. The summed E-state index contributed by atoms with van der Waals surface area (Å²) < 4.78 is 0. The van der Waals surface area contributed by atoms with Crippen LogP contribution in [0.5, 0.6) is 0 Å². The Morgan fingerprint density at radius 3 is 2.56 bits per heavy atom. The van der Waals surface area contributed by atoms with E-state index >= 15 is 0 Å². The standard InChI is InChI=1S/C5H9NO3/c1-2-3-4-5(7)6(8)9/h2,8-9H,1,3-4H2. The summed E-state index contributed by atoms with van der Waals surface area (Å²) in [6.45, 7) is 3.36. The SMILES string of the molecule is C=CCCC(=O)N(O)O. The molecule has 1 amide bonds. The van der Waals surface area contributed by atoms with Gasteiger partial charge in [0.05, 0.1) is 0 Å². The maximum Gasteiger partial charge on any atom is 0.273 e. The van der Waals surface area contributed by atoms with Crippen LogP contribution in [0.15, 0.2) is 12.7 Å². The largest absolute Gasteiger partial charge is 0.273 e. The smallest absolute Gasteiger partial charge is 0.270 e. The van der Waals surface area contributed by atoms with Gasteiger partial charge in [0.2, 0.25) is 0 Å². The maximum atomic E-state index is 10.3. The normalized spacial score (nSPS) is 8.67. The molecule has 2 N–H and O–H groups in total. The lowest BCUT2D eigenvalue weighted by Crippen LogP contribution is -2.22. The number of carbonyl (C=O) groups excluding carboxylic acids is 1. The van der Waals surface area contributed by atoms with Crippen LogP contribution in [0.2, 0.25) is 0 Å². The number of hydrogen-bond donors (Lipinski definition) is 2. The monoisotopic (exact) mass is 131 g/mol. The van der Waals surface area contributed by atoms with Crippen LogP contribution in [-0.4, -0.2) is 21.5 Å². The molecule has 0 aliphatic heterocycles. The molecule has 52 valence electrons. The second-order valence-electron chi connectivity index (χ2n) is 1.51. The van der Waals surface area contributed by atoms with Crippen molar-refractivity contribution in [3.05, 3.63) is 12.7 Å². The Morgan fingerprint density at radius 2 is 2.22 bits per heavy atom. The number of hydroxylamine groups is 2. The molecule has 0 aromatic carbocycles. The van der Waals surface area contributed by atoms with Gasteiger partial charge in [-0.05, 0) is 6.42 Å². The number of rotatable bonds is 3. The fourth-order valence-corrected chi connectivity index (χ4v) is 0.326. The lowest BCUT2D eigenvalue weighted by Gasteiger charge is -2.02. The van der Waals surface area contributed by atoms with E-state index in [1.807, 2.05) is 0 Å². The summed E-state index contributed by atoms with van der Waals surface area (Å²) in [5, 5.41) is 15.7. The van der Waals surface area contributed by atoms with Gasteiger partial charge in [0.1, 0.15) is 0 Å². The molecule has 0 fully saturated rings. The first-order valence-electron chi connectivity index (χ1n) is 2.50. The minimum atomic E-state index is -0.727. The van der Waals surface area contributed by atoms with E-state index in [9.17, 15) is 4.79 Å². The second kappa shape index (κ2) is 4.05. The highest BCUT2D eigenvalue weighted by molar-refractivity contribution is 5.73. The van der Waals surface area contributed by atoms with E-state index in [2.05, 4.69) is 6.58 Å². The molecule has 0 saturated heterocycles. The van der Waals surface area contributed by atoms with E-state index in [1.54, 1.807) is 0 Å². The Balaban J connectivity index is 3.38. The molecule has 4 nitrogen and oxygen atoms in total. The highest BCUT2D eigenvalue weighted by Gasteiger charge is 2.04. The van der Waals surface area contributed by atoms with Crippen LogP contribution in [0.25, 0.3) is 0 Å². The lowest BCUT2D eigenvalue weighted by atomic mass is 10.3. The Hall–Kier alpha value is -0.870. The third-order valence-corrected chi connectivity index (χ3v) is 0.785. The van der Waals surface area contributed by atoms with Crippen LogP contribution in [0.3, 0.4) is 0 Å². The Labute approximate surface area is 52.9 Å². The van der Waals surface area contributed by atoms with Gasteiger partial charge >= 0.3 is 0 Å². The van der Waals surface area contributed by atoms with E-state index in [4.69, 9.17) is 10.4 Å². The highest BCUT2D eigenvalue weighted by atomic mass is 16.8. The van der Waals surface area contributed by atoms with Crippen molar-refractivity contribution in [3.63, 3.8) is 0 Å². The summed E-state index contributed by atoms with van der Waals surface area (Å²) in [7, 11) is 0. The van der Waals surface area contributed by atoms with Crippen LogP contribution in [-0.2, 0) is 4.79 Å². The van der Waals surface area contributed by atoms with Crippen LogP contribution in [0.1, 0.15) is 12.8 Å². The van der Waals surface area contributed by atoms with Gasteiger partial charge in [-0.25, -0.2) is 0 Å². The molecule has 0 radical (unpaired) electrons. The molecule has 0 rings (SSSR count). The average molecular weight is 131 g/mol. The zero-order chi connectivity index (χ0) is 7.28. The molecular formula is C5H9NO3. The van der Waals surface area contributed by atoms with Crippen molar-refractivity contribution >= 4 is 5.91 Å². The van der Waals surface area contributed by atoms with Crippen LogP contribution in [0.4, 0.5) is 0 Å². The van der Waals surface area contributed by atoms with Gasteiger partial charge in [-0.15, -0.1) is 6.58 Å². The quantitative estimate of drug-likeness (QED) is 0.334. The number of allylic oxidation sites excluding steroid dienone is 1. The summed E-state index contributed by atoms with van der Waals surface area (Å²) >= 11 is 0. The van der Waals surface area contributed by atoms with E-state index in [1.165, 1.54) is 6.08 Å². The second-order valence-corrected chi connectivity index (χ2v) is 1.51. The van der Waals surface area contributed by atoms with Gasteiger partial charge in [0.15, 0.2) is 0 Å². The summed E-state index contributed by atoms with van der Waals surface area (Å²) in [4.78, 5) is 10.3. The van der Waals surface area contributed by atoms with Crippen molar-refractivity contribution in [2.75, 3.05) is 0 Å². The lowest BCUT2D eigenvalue weighted by molar-refractivity contribution is -0.285. The Morgan fingerprint density at radius 1 is 1.67 bits per heavy atom. The molecule has 0 aromatic rings. The summed E-state index contributed by atoms with van der Waals surface area (Å²) in [6, 6.07) is 0. The van der Waals surface area contributed by atoms with Crippen LogP contribution >= 0.6 is 0 Å². The maximum absolute atomic E-state index is 10.3. The summed E-state index contributed by atoms with van der Waals surface area (Å²) in [6.07, 6.45) is 2.06. The molecular weight excluding hydrogens is 122 g/mol. The van der Waals surface area contributed by atoms with Crippen molar-refractivity contribution in [1.29, 1.82) is 0 Å². The van der Waals surface area contributed by atoms with Crippen molar-refractivity contribution in [2.24, 2.45) is 0 Å². The molecule has 0 aromatic heterocycles. The van der Waals surface area contributed by atoms with Crippen molar-refractivity contribution in [2.45, 2.75) is 12.8 Å². The number of nitrogens with zero attached hydrogens (tertiary/aromatic N) is 1. The van der Waals surface area contributed by atoms with E-state index in [-0.39, 0.29) is 6.42 Å². The summed E-state index contributed by atoms with van der Waals surface area (Å²) in [5.74, 6) is -0.727. The van der Waals surface area contributed by atoms with E-state index in [0.29, 0.717) is 6.42 Å². The molecule has 0 atom stereocenters. The van der Waals surface area contributed by atoms with Gasteiger partial charge in [0, 0.05) is 6.42 Å². The molecule has 9 heavy (non-hydrogen) atoms. The minimum absolute atomic E-state index is 0.0799. The topological polar surface area (TPSA) is 60.8 Å². The molecule has 0 unspecified atom stereocenters. The average Bonchev–Trinajstić information content (AvgIpc) is 1.82. The molecule has 0 bridgehead atoms. The highest BCUT2D eigenvalue weighted by Crippen LogP contribution is 1.91. The van der Waals surface area contributed by atoms with Crippen molar-refractivity contribution in [1.82, 2.24) is 5.23 Å². The zero-order valence-corrected chi connectivity index (χ0v) is 4.95. The van der Waals surface area contributed by atoms with Gasteiger partial charge in [-0.3, -0.25) is 15.2 Å². The zero-order valence-electron chi connectivity index (χ0n) is 4.95. The van der Waals surface area contributed by atoms with Gasteiger partial charge < -0.3 is 0 Å². The van der Waals surface area contributed by atoms with Gasteiger partial charge in [-0.2, -0.15) is 0 Å². The van der Waals surface area contributed by atoms with Crippen molar-refractivity contribution in [3.8, 4) is 0 Å². The third kappa shape index (κ3) is 3.69. The van der Waals surface area contributed by atoms with Crippen LogP contribution in [0, 0.1) is 0 Å². The van der Waals surface area contributed by atoms with Gasteiger partial charge in [0.25, 0.3) is 5.91 Å². The first-order valence-corrected chi connectivity index (χ1v) is 2.50. The van der Waals surface area contributed by atoms with Crippen molar-refractivity contribution < 1.29 is 15.2 Å². The molecule has 4 heteroatoms. The third-order valence-electron chi connectivity index (χ3n) is 0.785.